The van der Waals surface area contributed by atoms with Gasteiger partial charge in [0.05, 0.1) is 11.4 Å². The van der Waals surface area contributed by atoms with Gasteiger partial charge in [-0.05, 0) is 48.9 Å². The SMILES string of the molecule is Cc1c(NS(=O)(=O)c2cc(F)ccc2F)cccc1-c1nc2cc(-c3ccn[nH]3)cnc2s1. The van der Waals surface area contributed by atoms with Crippen LogP contribution in [0.5, 0.6) is 0 Å². The molecule has 166 valence electrons. The zero-order valence-corrected chi connectivity index (χ0v) is 18.6. The van der Waals surface area contributed by atoms with Crippen LogP contribution in [0.3, 0.4) is 0 Å². The molecule has 0 aliphatic carbocycles. The Balaban J connectivity index is 1.52. The Hall–Kier alpha value is -3.70. The Morgan fingerprint density at radius 1 is 1.09 bits per heavy atom. The summed E-state index contributed by atoms with van der Waals surface area (Å²) in [4.78, 5) is 9.10. The first kappa shape index (κ1) is 21.2. The summed E-state index contributed by atoms with van der Waals surface area (Å²) in [5, 5.41) is 7.48. The Bertz CT molecular complexity index is 1600. The summed E-state index contributed by atoms with van der Waals surface area (Å²) in [6.07, 6.45) is 3.38. The van der Waals surface area contributed by atoms with Crippen LogP contribution < -0.4 is 4.72 Å². The van der Waals surface area contributed by atoms with Gasteiger partial charge in [0.25, 0.3) is 10.0 Å². The molecule has 2 N–H and O–H groups in total. The van der Waals surface area contributed by atoms with E-state index in [1.54, 1.807) is 31.5 Å². The first-order valence-corrected chi connectivity index (χ1v) is 12.0. The largest absolute Gasteiger partial charge is 0.279 e. The van der Waals surface area contributed by atoms with Gasteiger partial charge in [0.15, 0.2) is 0 Å². The molecule has 0 spiro atoms. The van der Waals surface area contributed by atoms with Crippen LogP contribution in [-0.4, -0.2) is 28.6 Å². The van der Waals surface area contributed by atoms with Crippen molar-refractivity contribution >= 4 is 37.4 Å². The average Bonchev–Trinajstić information content (AvgIpc) is 3.46. The maximum atomic E-state index is 14.1. The van der Waals surface area contributed by atoms with Gasteiger partial charge >= 0.3 is 0 Å². The average molecular weight is 484 g/mol. The van der Waals surface area contributed by atoms with E-state index in [0.29, 0.717) is 27.7 Å². The number of hydrogen-bond donors (Lipinski definition) is 2. The van der Waals surface area contributed by atoms with Crippen LogP contribution in [0, 0.1) is 18.6 Å². The minimum absolute atomic E-state index is 0.238. The van der Waals surface area contributed by atoms with Crippen molar-refractivity contribution in [3.63, 3.8) is 0 Å². The van der Waals surface area contributed by atoms with Gasteiger partial charge in [0.1, 0.15) is 31.9 Å². The highest BCUT2D eigenvalue weighted by molar-refractivity contribution is 7.92. The number of aromatic nitrogens is 4. The van der Waals surface area contributed by atoms with Gasteiger partial charge in [-0.2, -0.15) is 5.10 Å². The van der Waals surface area contributed by atoms with Crippen LogP contribution in [-0.2, 0) is 10.0 Å². The number of fused-ring (bicyclic) bond motifs is 1. The molecule has 0 fully saturated rings. The molecule has 3 aromatic heterocycles. The van der Waals surface area contributed by atoms with Gasteiger partial charge in [-0.1, -0.05) is 23.5 Å². The molecule has 0 saturated carbocycles. The third kappa shape index (κ3) is 3.96. The number of aromatic amines is 1. The molecule has 0 bridgehead atoms. The first-order valence-electron chi connectivity index (χ1n) is 9.66. The lowest BCUT2D eigenvalue weighted by molar-refractivity contribution is 0.555. The molecule has 3 heterocycles. The third-order valence-electron chi connectivity index (χ3n) is 5.05. The molecular weight excluding hydrogens is 468 g/mol. The van der Waals surface area contributed by atoms with Crippen molar-refractivity contribution in [2.75, 3.05) is 4.72 Å². The normalized spacial score (nSPS) is 11.7. The van der Waals surface area contributed by atoms with E-state index >= 15 is 0 Å². The highest BCUT2D eigenvalue weighted by Gasteiger charge is 2.22. The quantitative estimate of drug-likeness (QED) is 0.361. The van der Waals surface area contributed by atoms with Crippen LogP contribution in [0.15, 0.2) is 65.8 Å². The molecule has 5 aromatic rings. The maximum Gasteiger partial charge on any atom is 0.264 e. The van der Waals surface area contributed by atoms with E-state index in [4.69, 9.17) is 0 Å². The highest BCUT2D eigenvalue weighted by Crippen LogP contribution is 2.35. The number of nitrogens with zero attached hydrogens (tertiary/aromatic N) is 3. The van der Waals surface area contributed by atoms with Crippen molar-refractivity contribution < 1.29 is 17.2 Å². The standard InChI is InChI=1S/C22H15F2N5O2S2/c1-12-15(21-27-19-9-13(11-25-22(19)32-21)18-7-8-26-28-18)3-2-4-17(12)29-33(30,31)20-10-14(23)5-6-16(20)24/h2-11,29H,1H3,(H,26,28). The lowest BCUT2D eigenvalue weighted by atomic mass is 10.1. The molecular formula is C22H15F2N5O2S2. The minimum atomic E-state index is -4.35. The van der Waals surface area contributed by atoms with Gasteiger partial charge < -0.3 is 0 Å². The monoisotopic (exact) mass is 483 g/mol. The molecule has 33 heavy (non-hydrogen) atoms. The molecule has 0 amide bonds. The third-order valence-corrected chi connectivity index (χ3v) is 7.44. The number of hydrogen-bond acceptors (Lipinski definition) is 6. The van der Waals surface area contributed by atoms with Crippen LogP contribution in [0.2, 0.25) is 0 Å². The predicted molar refractivity (Wildman–Crippen MR) is 122 cm³/mol. The number of rotatable bonds is 5. The zero-order valence-electron chi connectivity index (χ0n) is 17.0. The zero-order chi connectivity index (χ0) is 23.2. The van der Waals surface area contributed by atoms with Crippen molar-refractivity contribution in [3.8, 4) is 21.8 Å². The van der Waals surface area contributed by atoms with E-state index in [1.807, 2.05) is 18.2 Å². The Kier molecular flexibility index (Phi) is 5.14. The smallest absolute Gasteiger partial charge is 0.264 e. The molecule has 11 heteroatoms. The number of H-pyrrole nitrogens is 1. The number of nitrogens with one attached hydrogen (secondary N) is 2. The number of sulfonamides is 1. The van der Waals surface area contributed by atoms with E-state index in [-0.39, 0.29) is 5.69 Å². The van der Waals surface area contributed by atoms with Crippen molar-refractivity contribution in [2.45, 2.75) is 11.8 Å². The maximum absolute atomic E-state index is 14.1. The molecule has 0 aliphatic rings. The highest BCUT2D eigenvalue weighted by atomic mass is 32.2. The summed E-state index contributed by atoms with van der Waals surface area (Å²) in [5.74, 6) is -1.89. The van der Waals surface area contributed by atoms with Crippen LogP contribution in [0.25, 0.3) is 32.2 Å². The molecule has 5 rings (SSSR count). The Labute approximate surface area is 191 Å². The van der Waals surface area contributed by atoms with E-state index in [1.165, 1.54) is 11.3 Å². The number of anilines is 1. The van der Waals surface area contributed by atoms with Crippen molar-refractivity contribution in [2.24, 2.45) is 0 Å². The molecule has 0 radical (unpaired) electrons. The molecule has 0 aliphatic heterocycles. The van der Waals surface area contributed by atoms with Crippen molar-refractivity contribution in [3.05, 3.63) is 78.1 Å². The molecule has 0 unspecified atom stereocenters. The number of benzene rings is 2. The van der Waals surface area contributed by atoms with E-state index in [9.17, 15) is 17.2 Å². The van der Waals surface area contributed by atoms with Gasteiger partial charge in [0, 0.05) is 23.5 Å². The fraction of sp³-hybridized carbons (Fsp3) is 0.0455. The Morgan fingerprint density at radius 3 is 2.73 bits per heavy atom. The second kappa shape index (κ2) is 8.01. The van der Waals surface area contributed by atoms with E-state index in [2.05, 4.69) is 24.9 Å². The summed E-state index contributed by atoms with van der Waals surface area (Å²) >= 11 is 1.36. The number of halogens is 2. The van der Waals surface area contributed by atoms with Gasteiger partial charge in [0.2, 0.25) is 0 Å². The molecule has 0 saturated heterocycles. The second-order valence-electron chi connectivity index (χ2n) is 7.20. The van der Waals surface area contributed by atoms with Crippen LogP contribution in [0.1, 0.15) is 5.56 Å². The van der Waals surface area contributed by atoms with Crippen molar-refractivity contribution in [1.29, 1.82) is 0 Å². The number of pyridine rings is 1. The summed E-state index contributed by atoms with van der Waals surface area (Å²) in [7, 11) is -4.35. The summed E-state index contributed by atoms with van der Waals surface area (Å²) in [6, 6.07) is 11.0. The topological polar surface area (TPSA) is 101 Å². The van der Waals surface area contributed by atoms with Gasteiger partial charge in [-0.3, -0.25) is 9.82 Å². The Morgan fingerprint density at radius 2 is 1.94 bits per heavy atom. The van der Waals surface area contributed by atoms with Gasteiger partial charge in [-0.15, -0.1) is 0 Å². The molecule has 2 aromatic carbocycles. The lowest BCUT2D eigenvalue weighted by Gasteiger charge is -2.13. The lowest BCUT2D eigenvalue weighted by Crippen LogP contribution is -2.15. The summed E-state index contributed by atoms with van der Waals surface area (Å²) < 4.78 is 55.4. The fourth-order valence-corrected chi connectivity index (χ4v) is 5.55. The summed E-state index contributed by atoms with van der Waals surface area (Å²) in [6.45, 7) is 1.73. The van der Waals surface area contributed by atoms with Crippen molar-refractivity contribution in [1.82, 2.24) is 20.2 Å². The molecule has 0 atom stereocenters. The number of thiazole rings is 1. The van der Waals surface area contributed by atoms with E-state index < -0.39 is 26.6 Å². The minimum Gasteiger partial charge on any atom is -0.279 e. The second-order valence-corrected chi connectivity index (χ2v) is 9.82. The molecule has 7 nitrogen and oxygen atoms in total. The van der Waals surface area contributed by atoms with Gasteiger partial charge in [-0.25, -0.2) is 27.2 Å². The summed E-state index contributed by atoms with van der Waals surface area (Å²) in [5.41, 5.74) is 3.87. The first-order chi connectivity index (χ1) is 15.8. The van der Waals surface area contributed by atoms with Crippen LogP contribution in [0.4, 0.5) is 14.5 Å². The fourth-order valence-electron chi connectivity index (χ4n) is 3.36. The predicted octanol–water partition coefficient (Wildman–Crippen LogP) is 5.14. The van der Waals surface area contributed by atoms with Crippen LogP contribution >= 0.6 is 11.3 Å². The van der Waals surface area contributed by atoms with E-state index in [0.717, 1.165) is 28.2 Å².